The summed E-state index contributed by atoms with van der Waals surface area (Å²) in [6.45, 7) is 5.00. The van der Waals surface area contributed by atoms with Gasteiger partial charge < -0.3 is 6.92 Å². The van der Waals surface area contributed by atoms with E-state index < -0.39 is 0 Å². The molecule has 1 rings (SSSR count). The van der Waals surface area contributed by atoms with Crippen LogP contribution in [0.15, 0.2) is 30.6 Å². The average Bonchev–Trinajstić information content (AvgIpc) is 1.96. The Hall–Kier alpha value is -0.266. The molecule has 0 saturated heterocycles. The zero-order valence-electron chi connectivity index (χ0n) is 5.49. The second kappa shape index (κ2) is 10.7. The molecule has 0 aromatic carbocycles. The normalized spacial score (nSPS) is 6.00. The van der Waals surface area contributed by atoms with Crippen molar-refractivity contribution < 1.29 is 18.6 Å². The summed E-state index contributed by atoms with van der Waals surface area (Å²) in [5.41, 5.74) is 0. The standard InChI is InChI=1S/C5H5N.C2H5.V/c1-2-4-6-5-3-1;1-2;/h1-5H;1H2,2H3;/q;-1;. The third-order valence-electron chi connectivity index (χ3n) is 0.566. The van der Waals surface area contributed by atoms with E-state index in [0.717, 1.165) is 0 Å². The van der Waals surface area contributed by atoms with E-state index in [0.29, 0.717) is 0 Å². The van der Waals surface area contributed by atoms with Gasteiger partial charge >= 0.3 is 0 Å². The van der Waals surface area contributed by atoms with Crippen molar-refractivity contribution >= 4 is 0 Å². The van der Waals surface area contributed by atoms with Crippen molar-refractivity contribution in [2.24, 2.45) is 0 Å². The smallest absolute Gasteiger partial charge is 0.0267 e. The fourth-order valence-electron chi connectivity index (χ4n) is 0.313. The molecule has 0 aliphatic rings. The Morgan fingerprint density at radius 2 is 1.44 bits per heavy atom. The number of pyridine rings is 1. The van der Waals surface area contributed by atoms with Crippen LogP contribution < -0.4 is 0 Å². The van der Waals surface area contributed by atoms with E-state index in [4.69, 9.17) is 0 Å². The van der Waals surface area contributed by atoms with E-state index >= 15 is 0 Å². The van der Waals surface area contributed by atoms with Gasteiger partial charge in [-0.1, -0.05) is 6.07 Å². The fourth-order valence-corrected chi connectivity index (χ4v) is 0.313. The zero-order chi connectivity index (χ0) is 6.24. The fraction of sp³-hybridized carbons (Fsp3) is 0.143. The van der Waals surface area contributed by atoms with Crippen LogP contribution in [0.2, 0.25) is 0 Å². The molecule has 0 saturated carbocycles. The molecular formula is C7H10NV-. The van der Waals surface area contributed by atoms with Crippen LogP contribution in [0.1, 0.15) is 6.92 Å². The van der Waals surface area contributed by atoms with Crippen LogP contribution in [0.5, 0.6) is 0 Å². The molecule has 0 aliphatic carbocycles. The number of nitrogens with zero attached hydrogens (tertiary/aromatic N) is 1. The minimum atomic E-state index is 0. The Labute approximate surface area is 68.4 Å². The van der Waals surface area contributed by atoms with Crippen LogP contribution in [0, 0.1) is 6.92 Å². The van der Waals surface area contributed by atoms with E-state index in [2.05, 4.69) is 11.9 Å². The van der Waals surface area contributed by atoms with Crippen molar-refractivity contribution in [3.05, 3.63) is 37.5 Å². The monoisotopic (exact) mass is 159 g/mol. The summed E-state index contributed by atoms with van der Waals surface area (Å²) in [4.78, 5) is 3.78. The van der Waals surface area contributed by atoms with E-state index in [1.54, 1.807) is 19.3 Å². The molecular weight excluding hydrogens is 149 g/mol. The summed E-state index contributed by atoms with van der Waals surface area (Å²) in [7, 11) is 0. The van der Waals surface area contributed by atoms with Crippen molar-refractivity contribution in [1.29, 1.82) is 0 Å². The van der Waals surface area contributed by atoms with Gasteiger partial charge in [0.25, 0.3) is 0 Å². The van der Waals surface area contributed by atoms with Crippen molar-refractivity contribution in [3.8, 4) is 0 Å². The quantitative estimate of drug-likeness (QED) is 0.527. The van der Waals surface area contributed by atoms with Gasteiger partial charge in [-0.3, -0.25) is 4.98 Å². The zero-order valence-corrected chi connectivity index (χ0v) is 6.88. The maximum Gasteiger partial charge on any atom is 0.0267 e. The van der Waals surface area contributed by atoms with Gasteiger partial charge in [0.2, 0.25) is 0 Å². The molecule has 1 aromatic rings. The van der Waals surface area contributed by atoms with Gasteiger partial charge in [-0.25, -0.2) is 0 Å². The molecule has 49 valence electrons. The Kier molecular flexibility index (Phi) is 13.7. The van der Waals surface area contributed by atoms with Gasteiger partial charge in [-0.05, 0) is 12.1 Å². The van der Waals surface area contributed by atoms with Crippen LogP contribution in [-0.4, -0.2) is 4.98 Å². The minimum Gasteiger partial charge on any atom is -0.346 e. The molecule has 0 atom stereocenters. The molecule has 1 heterocycles. The first-order chi connectivity index (χ1) is 4.00. The van der Waals surface area contributed by atoms with Crippen molar-refractivity contribution in [2.75, 3.05) is 0 Å². The molecule has 0 fully saturated rings. The van der Waals surface area contributed by atoms with E-state index in [1.807, 2.05) is 18.2 Å². The second-order valence-corrected chi connectivity index (χ2v) is 1.02. The molecule has 0 aliphatic heterocycles. The number of hydrogen-bond donors (Lipinski definition) is 0. The first-order valence-corrected chi connectivity index (χ1v) is 2.56. The van der Waals surface area contributed by atoms with Crippen LogP contribution in [0.25, 0.3) is 0 Å². The van der Waals surface area contributed by atoms with Gasteiger partial charge in [0.1, 0.15) is 0 Å². The Morgan fingerprint density at radius 1 is 1.00 bits per heavy atom. The SMILES string of the molecule is [CH2-]C.[V].c1ccncc1. The summed E-state index contributed by atoms with van der Waals surface area (Å²) in [5.74, 6) is 0. The van der Waals surface area contributed by atoms with E-state index in [-0.39, 0.29) is 18.6 Å². The third kappa shape index (κ3) is 7.73. The van der Waals surface area contributed by atoms with Crippen LogP contribution in [0.3, 0.4) is 0 Å². The van der Waals surface area contributed by atoms with E-state index in [9.17, 15) is 0 Å². The molecule has 1 nitrogen and oxygen atoms in total. The predicted octanol–water partition coefficient (Wildman–Crippen LogP) is 1.92. The average molecular weight is 159 g/mol. The van der Waals surface area contributed by atoms with Crippen molar-refractivity contribution in [1.82, 2.24) is 4.98 Å². The topological polar surface area (TPSA) is 12.9 Å². The summed E-state index contributed by atoms with van der Waals surface area (Å²) in [6, 6.07) is 5.72. The molecule has 2 heteroatoms. The number of rotatable bonds is 0. The number of aromatic nitrogens is 1. The van der Waals surface area contributed by atoms with Crippen molar-refractivity contribution in [2.45, 2.75) is 6.92 Å². The first kappa shape index (κ1) is 11.5. The minimum absolute atomic E-state index is 0. The molecule has 0 bridgehead atoms. The Balaban J connectivity index is 0. The van der Waals surface area contributed by atoms with Crippen molar-refractivity contribution in [3.63, 3.8) is 0 Å². The summed E-state index contributed by atoms with van der Waals surface area (Å²) in [5, 5.41) is 0. The molecule has 0 unspecified atom stereocenters. The molecule has 9 heavy (non-hydrogen) atoms. The third-order valence-corrected chi connectivity index (χ3v) is 0.566. The van der Waals surface area contributed by atoms with Gasteiger partial charge in [-0.15, -0.1) is 0 Å². The maximum atomic E-state index is 3.78. The summed E-state index contributed by atoms with van der Waals surface area (Å²) in [6.07, 6.45) is 3.50. The van der Waals surface area contributed by atoms with Gasteiger partial charge in [0.15, 0.2) is 0 Å². The Morgan fingerprint density at radius 3 is 1.56 bits per heavy atom. The first-order valence-electron chi connectivity index (χ1n) is 2.56. The molecule has 0 amide bonds. The predicted molar refractivity (Wildman–Crippen MR) is 35.3 cm³/mol. The Bertz CT molecular complexity index is 80.8. The van der Waals surface area contributed by atoms with Crippen LogP contribution in [-0.2, 0) is 18.6 Å². The molecule has 1 radical (unpaired) electrons. The van der Waals surface area contributed by atoms with Gasteiger partial charge in [0, 0.05) is 30.9 Å². The maximum absolute atomic E-state index is 3.78. The number of hydrogen-bond acceptors (Lipinski definition) is 1. The summed E-state index contributed by atoms with van der Waals surface area (Å²) < 4.78 is 0. The molecule has 0 spiro atoms. The van der Waals surface area contributed by atoms with Gasteiger partial charge in [0.05, 0.1) is 0 Å². The molecule has 1 aromatic heterocycles. The van der Waals surface area contributed by atoms with Crippen LogP contribution >= 0.6 is 0 Å². The largest absolute Gasteiger partial charge is 0.346 e. The second-order valence-electron chi connectivity index (χ2n) is 1.02. The molecule has 0 N–H and O–H groups in total. The summed E-state index contributed by atoms with van der Waals surface area (Å²) >= 11 is 0. The van der Waals surface area contributed by atoms with E-state index in [1.165, 1.54) is 0 Å². The van der Waals surface area contributed by atoms with Crippen LogP contribution in [0.4, 0.5) is 0 Å². The van der Waals surface area contributed by atoms with Gasteiger partial charge in [-0.2, -0.15) is 6.92 Å².